The van der Waals surface area contributed by atoms with Crippen LogP contribution in [0, 0.1) is 5.92 Å². The van der Waals surface area contributed by atoms with Gasteiger partial charge >= 0.3 is 6.03 Å². The summed E-state index contributed by atoms with van der Waals surface area (Å²) >= 11 is 1.31. The number of H-pyrrole nitrogens is 1. The van der Waals surface area contributed by atoms with Crippen LogP contribution in [0.15, 0.2) is 30.3 Å². The lowest BCUT2D eigenvalue weighted by atomic mass is 10.1. The number of likely N-dealkylation sites (tertiary alicyclic amines) is 1. The highest BCUT2D eigenvalue weighted by molar-refractivity contribution is 7.17. The summed E-state index contributed by atoms with van der Waals surface area (Å²) in [5, 5.41) is 13.7. The first kappa shape index (κ1) is 24.7. The quantitative estimate of drug-likeness (QED) is 0.344. The topological polar surface area (TPSA) is 137 Å². The fourth-order valence-electron chi connectivity index (χ4n) is 5.49. The maximum absolute atomic E-state index is 13.8. The smallest absolute Gasteiger partial charge is 0.334 e. The highest BCUT2D eigenvalue weighted by atomic mass is 32.1. The largest absolute Gasteiger partial charge is 0.379 e. The van der Waals surface area contributed by atoms with Crippen molar-refractivity contribution in [2.45, 2.75) is 6.42 Å². The minimum atomic E-state index is -0.669. The molecule has 0 saturated carbocycles. The molecule has 2 saturated heterocycles. The van der Waals surface area contributed by atoms with Crippen molar-refractivity contribution >= 4 is 34.7 Å². The van der Waals surface area contributed by atoms with E-state index in [9.17, 15) is 14.4 Å². The van der Waals surface area contributed by atoms with Gasteiger partial charge < -0.3 is 20.7 Å². The number of nitrogens with two attached hydrogens (primary N) is 1. The molecule has 2 aromatic heterocycles. The number of fused-ring (bicyclic) bond motifs is 3. The number of amides is 3. The fourth-order valence-corrected chi connectivity index (χ4v) is 6.41. The molecular formula is C26H29N7O4S. The van der Waals surface area contributed by atoms with Gasteiger partial charge in [0.1, 0.15) is 5.69 Å². The number of ether oxygens (including phenoxy) is 1. The Morgan fingerprint density at radius 2 is 2.03 bits per heavy atom. The van der Waals surface area contributed by atoms with Gasteiger partial charge in [-0.25, -0.2) is 14.8 Å². The first-order chi connectivity index (χ1) is 18.4. The van der Waals surface area contributed by atoms with E-state index < -0.39 is 6.03 Å². The Kier molecular flexibility index (Phi) is 6.48. The van der Waals surface area contributed by atoms with E-state index in [0.29, 0.717) is 77.4 Å². The first-order valence-corrected chi connectivity index (χ1v) is 13.5. The van der Waals surface area contributed by atoms with E-state index in [1.807, 2.05) is 12.1 Å². The highest BCUT2D eigenvalue weighted by Gasteiger charge is 2.38. The van der Waals surface area contributed by atoms with Gasteiger partial charge in [0.15, 0.2) is 5.78 Å². The van der Waals surface area contributed by atoms with Crippen LogP contribution in [0.4, 0.5) is 10.5 Å². The van der Waals surface area contributed by atoms with Gasteiger partial charge in [-0.05, 0) is 44.1 Å². The van der Waals surface area contributed by atoms with E-state index >= 15 is 0 Å². The predicted molar refractivity (Wildman–Crippen MR) is 143 cm³/mol. The third-order valence-corrected chi connectivity index (χ3v) is 8.44. The fraction of sp³-hybridized carbons (Fsp3) is 0.385. The molecule has 1 aliphatic carbocycles. The van der Waals surface area contributed by atoms with E-state index in [1.165, 1.54) is 16.3 Å². The van der Waals surface area contributed by atoms with Gasteiger partial charge in [-0.3, -0.25) is 14.7 Å². The summed E-state index contributed by atoms with van der Waals surface area (Å²) in [5.41, 5.74) is 8.75. The molecule has 6 rings (SSSR count). The second kappa shape index (κ2) is 9.95. The number of aromatic amines is 1. The number of carbonyl (C=O) groups excluding carboxylic acids is 3. The molecule has 2 aliphatic heterocycles. The minimum Gasteiger partial charge on any atom is -0.379 e. The van der Waals surface area contributed by atoms with Gasteiger partial charge in [0.05, 0.1) is 45.5 Å². The molecule has 38 heavy (non-hydrogen) atoms. The number of morpholine rings is 1. The van der Waals surface area contributed by atoms with Crippen molar-refractivity contribution in [1.29, 1.82) is 0 Å². The normalized spacial score (nSPS) is 19.4. The van der Waals surface area contributed by atoms with Crippen LogP contribution in [-0.4, -0.2) is 90.8 Å². The zero-order valence-corrected chi connectivity index (χ0v) is 21.8. The molecule has 0 spiro atoms. The highest BCUT2D eigenvalue weighted by Crippen LogP contribution is 2.45. The maximum atomic E-state index is 13.8. The number of aromatic nitrogens is 2. The minimum absolute atomic E-state index is 0.119. The lowest BCUT2D eigenvalue weighted by Crippen LogP contribution is -2.54. The summed E-state index contributed by atoms with van der Waals surface area (Å²) in [6.45, 7) is 4.57. The molecule has 4 N–H and O–H groups in total. The number of anilines is 1. The number of primary amides is 1. The number of ketones is 1. The van der Waals surface area contributed by atoms with Crippen LogP contribution in [0.3, 0.4) is 0 Å². The molecular weight excluding hydrogens is 506 g/mol. The maximum Gasteiger partial charge on any atom is 0.334 e. The third-order valence-electron chi connectivity index (χ3n) is 7.34. The van der Waals surface area contributed by atoms with E-state index in [2.05, 4.69) is 27.5 Å². The molecule has 1 unspecified atom stereocenters. The second-order valence-electron chi connectivity index (χ2n) is 9.86. The van der Waals surface area contributed by atoms with Gasteiger partial charge in [0, 0.05) is 31.7 Å². The van der Waals surface area contributed by atoms with E-state index in [4.69, 9.17) is 10.5 Å². The Morgan fingerprint density at radius 3 is 2.76 bits per heavy atom. The average molecular weight is 536 g/mol. The zero-order chi connectivity index (χ0) is 26.4. The van der Waals surface area contributed by atoms with Gasteiger partial charge in [0.2, 0.25) is 0 Å². The SMILES string of the molecule is CN1CCC(CNC(=O)c2ccc(-c3[nH]nc4c3C(=O)c3c-4cccc3N(C(N)=O)N3CCOCC3)s2)C1. The Bertz CT molecular complexity index is 1410. The molecule has 2 fully saturated rings. The summed E-state index contributed by atoms with van der Waals surface area (Å²) in [6.07, 6.45) is 1.08. The van der Waals surface area contributed by atoms with Crippen LogP contribution in [-0.2, 0) is 4.74 Å². The van der Waals surface area contributed by atoms with Crippen molar-refractivity contribution in [3.05, 3.63) is 46.3 Å². The molecule has 11 nitrogen and oxygen atoms in total. The summed E-state index contributed by atoms with van der Waals surface area (Å²) < 4.78 is 5.42. The van der Waals surface area contributed by atoms with E-state index in [1.54, 1.807) is 23.2 Å². The standard InChI is InChI=1S/C26H29N7O4S/c1-31-8-7-15(14-31)13-28-25(35)19-6-5-18(38-19)23-21-22(29-30-23)16-3-2-4-17(20(16)24(21)34)33(26(27)36)32-9-11-37-12-10-32/h2-6,15H,7-14H2,1H3,(H2,27,36)(H,28,35)(H,29,30). The van der Waals surface area contributed by atoms with Gasteiger partial charge in [-0.1, -0.05) is 12.1 Å². The van der Waals surface area contributed by atoms with Crippen LogP contribution in [0.5, 0.6) is 0 Å². The molecule has 1 aromatic carbocycles. The number of hydrazine groups is 1. The average Bonchev–Trinajstić information content (AvgIpc) is 3.69. The number of rotatable bonds is 6. The third kappa shape index (κ3) is 4.29. The van der Waals surface area contributed by atoms with E-state index in [-0.39, 0.29) is 11.7 Å². The molecule has 0 bridgehead atoms. The van der Waals surface area contributed by atoms with Gasteiger partial charge in [0.25, 0.3) is 5.91 Å². The monoisotopic (exact) mass is 535 g/mol. The van der Waals surface area contributed by atoms with Crippen molar-refractivity contribution in [1.82, 2.24) is 25.4 Å². The predicted octanol–water partition coefficient (Wildman–Crippen LogP) is 2.16. The summed E-state index contributed by atoms with van der Waals surface area (Å²) in [5.74, 6) is 0.104. The summed E-state index contributed by atoms with van der Waals surface area (Å²) in [7, 11) is 2.09. The number of thiophene rings is 1. The molecule has 198 valence electrons. The molecule has 4 heterocycles. The van der Waals surface area contributed by atoms with Crippen LogP contribution < -0.4 is 16.1 Å². The molecule has 3 aliphatic rings. The second-order valence-corrected chi connectivity index (χ2v) is 10.9. The number of urea groups is 1. The lowest BCUT2D eigenvalue weighted by molar-refractivity contribution is 0.0364. The number of nitrogens with zero attached hydrogens (tertiary/aromatic N) is 4. The van der Waals surface area contributed by atoms with Crippen molar-refractivity contribution < 1.29 is 19.1 Å². The van der Waals surface area contributed by atoms with Crippen LogP contribution in [0.2, 0.25) is 0 Å². The number of carbonyl (C=O) groups is 3. The van der Waals surface area contributed by atoms with Crippen molar-refractivity contribution in [2.75, 3.05) is 58.0 Å². The summed E-state index contributed by atoms with van der Waals surface area (Å²) in [6, 6.07) is 8.27. The van der Waals surface area contributed by atoms with Gasteiger partial charge in [-0.15, -0.1) is 11.3 Å². The van der Waals surface area contributed by atoms with Crippen molar-refractivity contribution in [3.63, 3.8) is 0 Å². The lowest BCUT2D eigenvalue weighted by Gasteiger charge is -2.36. The van der Waals surface area contributed by atoms with Crippen molar-refractivity contribution in [2.24, 2.45) is 11.7 Å². The molecule has 1 atom stereocenters. The Labute approximate surface area is 223 Å². The van der Waals surface area contributed by atoms with Crippen LogP contribution in [0.1, 0.15) is 32.0 Å². The van der Waals surface area contributed by atoms with Crippen molar-refractivity contribution in [3.8, 4) is 21.8 Å². The number of hydrogen-bond donors (Lipinski definition) is 3. The number of hydrogen-bond acceptors (Lipinski definition) is 8. The number of nitrogens with one attached hydrogen (secondary N) is 2. The Morgan fingerprint density at radius 1 is 1.21 bits per heavy atom. The molecule has 3 aromatic rings. The van der Waals surface area contributed by atoms with Crippen LogP contribution in [0.25, 0.3) is 21.8 Å². The number of benzene rings is 1. The van der Waals surface area contributed by atoms with Crippen LogP contribution >= 0.6 is 11.3 Å². The molecule has 3 amide bonds. The zero-order valence-electron chi connectivity index (χ0n) is 21.0. The Balaban J connectivity index is 1.27. The van der Waals surface area contributed by atoms with Gasteiger partial charge in [-0.2, -0.15) is 5.10 Å². The molecule has 12 heteroatoms. The first-order valence-electron chi connectivity index (χ1n) is 12.7. The summed E-state index contributed by atoms with van der Waals surface area (Å²) in [4.78, 5) is 42.7. The van der Waals surface area contributed by atoms with E-state index in [0.717, 1.165) is 24.4 Å². The molecule has 0 radical (unpaired) electrons. The Hall–Kier alpha value is -3.58.